The molecule has 0 radical (unpaired) electrons. The highest BCUT2D eigenvalue weighted by Crippen LogP contribution is 2.39. The first kappa shape index (κ1) is 29.8. The number of pyridine rings is 2. The Labute approximate surface area is 300 Å². The third-order valence-corrected chi connectivity index (χ3v) is 9.87. The quantitative estimate of drug-likeness (QED) is 0.172. The number of para-hydroxylation sites is 1. The lowest BCUT2D eigenvalue weighted by atomic mass is 9.94. The van der Waals surface area contributed by atoms with Gasteiger partial charge in [-0.15, -0.1) is 0 Å². The molecule has 0 fully saturated rings. The van der Waals surface area contributed by atoms with Crippen LogP contribution in [0.5, 0.6) is 0 Å². The van der Waals surface area contributed by atoms with Gasteiger partial charge in [0.15, 0.2) is 5.82 Å². The van der Waals surface area contributed by atoms with E-state index in [9.17, 15) is 0 Å². The Morgan fingerprint density at radius 3 is 1.58 bits per heavy atom. The van der Waals surface area contributed by atoms with Gasteiger partial charge in [-0.2, -0.15) is 0 Å². The van der Waals surface area contributed by atoms with Crippen LogP contribution in [0.3, 0.4) is 0 Å². The van der Waals surface area contributed by atoms with Crippen molar-refractivity contribution in [2.45, 2.75) is 0 Å². The van der Waals surface area contributed by atoms with Crippen molar-refractivity contribution in [3.05, 3.63) is 182 Å². The van der Waals surface area contributed by atoms with Gasteiger partial charge in [0.05, 0.1) is 33.6 Å². The summed E-state index contributed by atoms with van der Waals surface area (Å²) in [5, 5.41) is 5.50. The minimum Gasteiger partial charge on any atom is -0.248 e. The zero-order valence-electron chi connectivity index (χ0n) is 28.1. The number of fused-ring (bicyclic) bond motifs is 6. The largest absolute Gasteiger partial charge is 0.248 e. The minimum absolute atomic E-state index is 0.710. The predicted molar refractivity (Wildman–Crippen MR) is 215 cm³/mol. The van der Waals surface area contributed by atoms with E-state index in [0.29, 0.717) is 5.82 Å². The number of aromatic nitrogens is 4. The van der Waals surface area contributed by atoms with Gasteiger partial charge in [-0.1, -0.05) is 146 Å². The Hall–Kier alpha value is -7.04. The lowest BCUT2D eigenvalue weighted by Crippen LogP contribution is -1.95. The van der Waals surface area contributed by atoms with E-state index in [1.54, 1.807) is 0 Å². The van der Waals surface area contributed by atoms with Crippen molar-refractivity contribution < 1.29 is 0 Å². The number of hydrogen-bond donors (Lipinski definition) is 0. The molecular formula is C48H30N4. The van der Waals surface area contributed by atoms with E-state index in [-0.39, 0.29) is 0 Å². The van der Waals surface area contributed by atoms with Crippen LogP contribution >= 0.6 is 0 Å². The Morgan fingerprint density at radius 1 is 0.269 bits per heavy atom. The maximum Gasteiger partial charge on any atom is 0.160 e. The number of nitrogens with zero attached hydrogens (tertiary/aromatic N) is 4. The van der Waals surface area contributed by atoms with Crippen LogP contribution in [-0.2, 0) is 0 Å². The smallest absolute Gasteiger partial charge is 0.160 e. The molecule has 0 saturated heterocycles. The molecule has 0 N–H and O–H groups in total. The SMILES string of the molecule is c1ccc(-c2ccc3c(ccc4c5cc(-c6ccc(-c7nc(-c8ccccc8)c8ccccc8n7)cc6)ccc5nc(-c5ccccc5)c34)n2)cc1. The minimum atomic E-state index is 0.710. The molecule has 0 aliphatic carbocycles. The third-order valence-electron chi connectivity index (χ3n) is 9.87. The molecule has 0 saturated carbocycles. The molecule has 3 heterocycles. The van der Waals surface area contributed by atoms with E-state index in [1.165, 1.54) is 0 Å². The summed E-state index contributed by atoms with van der Waals surface area (Å²) in [7, 11) is 0. The topological polar surface area (TPSA) is 51.6 Å². The van der Waals surface area contributed by atoms with Crippen molar-refractivity contribution in [1.82, 2.24) is 19.9 Å². The van der Waals surface area contributed by atoms with Crippen molar-refractivity contribution in [1.29, 1.82) is 0 Å². The normalized spacial score (nSPS) is 11.5. The van der Waals surface area contributed by atoms with E-state index >= 15 is 0 Å². The second-order valence-electron chi connectivity index (χ2n) is 13.0. The van der Waals surface area contributed by atoms with Crippen molar-refractivity contribution in [3.63, 3.8) is 0 Å². The molecule has 10 rings (SSSR count). The molecule has 7 aromatic carbocycles. The molecule has 0 atom stereocenters. The van der Waals surface area contributed by atoms with Gasteiger partial charge in [0.25, 0.3) is 0 Å². The summed E-state index contributed by atoms with van der Waals surface area (Å²) >= 11 is 0. The average molecular weight is 663 g/mol. The molecule has 52 heavy (non-hydrogen) atoms. The first-order valence-corrected chi connectivity index (χ1v) is 17.5. The summed E-state index contributed by atoms with van der Waals surface area (Å²) in [6.45, 7) is 0. The molecule has 242 valence electrons. The summed E-state index contributed by atoms with van der Waals surface area (Å²) < 4.78 is 0. The van der Waals surface area contributed by atoms with Gasteiger partial charge < -0.3 is 0 Å². The number of rotatable bonds is 5. The summed E-state index contributed by atoms with van der Waals surface area (Å²) in [6.07, 6.45) is 0. The molecule has 0 aliphatic heterocycles. The molecule has 4 heteroatoms. The molecule has 4 nitrogen and oxygen atoms in total. The fourth-order valence-electron chi connectivity index (χ4n) is 7.30. The number of hydrogen-bond acceptors (Lipinski definition) is 4. The molecule has 0 bridgehead atoms. The lowest BCUT2D eigenvalue weighted by molar-refractivity contribution is 1.23. The van der Waals surface area contributed by atoms with Crippen LogP contribution in [0.15, 0.2) is 182 Å². The maximum absolute atomic E-state index is 5.31. The predicted octanol–water partition coefficient (Wildman–Crippen LogP) is 12.2. The first-order valence-electron chi connectivity index (χ1n) is 17.5. The van der Waals surface area contributed by atoms with Crippen LogP contribution in [0.25, 0.3) is 99.8 Å². The summed E-state index contributed by atoms with van der Waals surface area (Å²) in [4.78, 5) is 20.5. The van der Waals surface area contributed by atoms with Gasteiger partial charge in [0.2, 0.25) is 0 Å². The van der Waals surface area contributed by atoms with Crippen LogP contribution in [0, 0.1) is 0 Å². The molecule has 0 aliphatic rings. The van der Waals surface area contributed by atoms with Crippen molar-refractivity contribution in [2.75, 3.05) is 0 Å². The monoisotopic (exact) mass is 662 g/mol. The average Bonchev–Trinajstić information content (AvgIpc) is 3.23. The summed E-state index contributed by atoms with van der Waals surface area (Å²) in [5.74, 6) is 0.710. The van der Waals surface area contributed by atoms with Crippen molar-refractivity contribution >= 4 is 43.5 Å². The molecule has 10 aromatic rings. The third kappa shape index (κ3) is 5.17. The lowest BCUT2D eigenvalue weighted by Gasteiger charge is -2.14. The molecule has 3 aromatic heterocycles. The first-order chi connectivity index (χ1) is 25.8. The highest BCUT2D eigenvalue weighted by Gasteiger charge is 2.16. The van der Waals surface area contributed by atoms with E-state index in [0.717, 1.165) is 93.9 Å². The highest BCUT2D eigenvalue weighted by atomic mass is 14.9. The molecule has 0 unspecified atom stereocenters. The van der Waals surface area contributed by atoms with Gasteiger partial charge in [-0.3, -0.25) is 0 Å². The zero-order chi connectivity index (χ0) is 34.4. The van der Waals surface area contributed by atoms with Crippen molar-refractivity contribution in [3.8, 4) is 56.3 Å². The standard InChI is InChI=1S/C48H30N4/c1-4-12-32(13-5-1)41-28-26-38-43(49-41)29-25-37-40-30-36(24-27-44(40)50-47(45(37)38)34-16-8-3-9-17-34)31-20-22-35(23-21-31)48-51-42-19-11-10-18-39(42)46(52-48)33-14-6-2-7-15-33/h1-30H. The van der Waals surface area contributed by atoms with Gasteiger partial charge in [-0.25, -0.2) is 19.9 Å². The highest BCUT2D eigenvalue weighted by molar-refractivity contribution is 6.21. The van der Waals surface area contributed by atoms with E-state index in [4.69, 9.17) is 19.9 Å². The van der Waals surface area contributed by atoms with Crippen molar-refractivity contribution in [2.24, 2.45) is 0 Å². The fourth-order valence-corrected chi connectivity index (χ4v) is 7.30. The van der Waals surface area contributed by atoms with Gasteiger partial charge in [0.1, 0.15) is 0 Å². The van der Waals surface area contributed by atoms with Gasteiger partial charge >= 0.3 is 0 Å². The molecule has 0 amide bonds. The fraction of sp³-hybridized carbons (Fsp3) is 0. The maximum atomic E-state index is 5.31. The Bertz CT molecular complexity index is 2920. The van der Waals surface area contributed by atoms with Crippen LogP contribution in [0.4, 0.5) is 0 Å². The van der Waals surface area contributed by atoms with Crippen LogP contribution in [0.1, 0.15) is 0 Å². The zero-order valence-corrected chi connectivity index (χ0v) is 28.1. The van der Waals surface area contributed by atoms with Gasteiger partial charge in [0, 0.05) is 43.8 Å². The van der Waals surface area contributed by atoms with E-state index in [2.05, 4.69) is 140 Å². The Balaban J connectivity index is 1.10. The van der Waals surface area contributed by atoms with E-state index < -0.39 is 0 Å². The Kier molecular flexibility index (Phi) is 7.10. The van der Waals surface area contributed by atoms with Gasteiger partial charge in [-0.05, 0) is 52.9 Å². The Morgan fingerprint density at radius 2 is 0.827 bits per heavy atom. The second-order valence-corrected chi connectivity index (χ2v) is 13.0. The van der Waals surface area contributed by atoms with Crippen LogP contribution in [-0.4, -0.2) is 19.9 Å². The molecular weight excluding hydrogens is 633 g/mol. The summed E-state index contributed by atoms with van der Waals surface area (Å²) in [5.41, 5.74) is 12.2. The van der Waals surface area contributed by atoms with E-state index in [1.807, 2.05) is 42.5 Å². The van der Waals surface area contributed by atoms with Crippen LogP contribution in [0.2, 0.25) is 0 Å². The summed E-state index contributed by atoms with van der Waals surface area (Å²) in [6, 6.07) is 63.2. The number of benzene rings is 7. The van der Waals surface area contributed by atoms with Crippen LogP contribution < -0.4 is 0 Å². The second kappa shape index (κ2) is 12.4. The molecule has 0 spiro atoms.